The number of aromatic nitrogens is 1. The topological polar surface area (TPSA) is 88.2 Å². The van der Waals surface area contributed by atoms with Crippen LogP contribution in [0, 0.1) is 0 Å². The Labute approximate surface area is 135 Å². The van der Waals surface area contributed by atoms with E-state index >= 15 is 0 Å². The molecule has 2 aromatic rings. The lowest BCUT2D eigenvalue weighted by Gasteiger charge is -2.12. The van der Waals surface area contributed by atoms with Gasteiger partial charge in [-0.05, 0) is 53.8 Å². The molecule has 1 aromatic carbocycles. The van der Waals surface area contributed by atoms with Crippen LogP contribution in [0.5, 0.6) is 0 Å². The van der Waals surface area contributed by atoms with Crippen LogP contribution in [-0.2, 0) is 24.2 Å². The fraction of sp³-hybridized carbons (Fsp3) is 0.333. The number of fused-ring (bicyclic) bond motifs is 1. The molecule has 5 nitrogen and oxygen atoms in total. The average molecular weight is 311 g/mol. The number of amides is 1. The van der Waals surface area contributed by atoms with Crippen molar-refractivity contribution in [2.45, 2.75) is 31.4 Å². The minimum absolute atomic E-state index is 0.459. The zero-order chi connectivity index (χ0) is 16.2. The number of pyridine rings is 1. The number of nitrogens with two attached hydrogens (primary N) is 1. The van der Waals surface area contributed by atoms with Crippen molar-refractivity contribution < 1.29 is 9.90 Å². The Bertz CT molecular complexity index is 688. The number of carbonyl (C=O) groups excluding carboxylic acids is 1. The highest BCUT2D eigenvalue weighted by Crippen LogP contribution is 2.33. The van der Waals surface area contributed by atoms with Gasteiger partial charge in [-0.2, -0.15) is 0 Å². The second kappa shape index (κ2) is 6.89. The van der Waals surface area contributed by atoms with E-state index in [2.05, 4.69) is 10.3 Å². The van der Waals surface area contributed by atoms with Gasteiger partial charge in [0.2, 0.25) is 5.91 Å². The molecule has 3 rings (SSSR count). The van der Waals surface area contributed by atoms with Crippen molar-refractivity contribution >= 4 is 5.91 Å². The summed E-state index contributed by atoms with van der Waals surface area (Å²) in [6, 6.07) is 10.0. The highest BCUT2D eigenvalue weighted by Gasteiger charge is 2.35. The molecule has 4 N–H and O–H groups in total. The minimum atomic E-state index is -0.697. The van der Waals surface area contributed by atoms with Crippen LogP contribution in [0.3, 0.4) is 0 Å². The van der Waals surface area contributed by atoms with Crippen LogP contribution in [0.2, 0.25) is 0 Å². The molecule has 2 atom stereocenters. The molecule has 0 spiro atoms. The lowest BCUT2D eigenvalue weighted by atomic mass is 9.97. The SMILES string of the molecule is NC(=O)[C@@H]1c2cc(CNCCc3ccncc3)ccc2C[C@H]1O. The first-order valence-electron chi connectivity index (χ1n) is 7.84. The molecule has 1 heterocycles. The third-order valence-electron chi connectivity index (χ3n) is 4.33. The zero-order valence-corrected chi connectivity index (χ0v) is 12.9. The highest BCUT2D eigenvalue weighted by atomic mass is 16.3. The molecule has 5 heteroatoms. The van der Waals surface area contributed by atoms with Gasteiger partial charge in [0.25, 0.3) is 0 Å². The molecule has 0 radical (unpaired) electrons. The number of nitrogens with one attached hydrogen (secondary N) is 1. The van der Waals surface area contributed by atoms with E-state index in [-0.39, 0.29) is 0 Å². The van der Waals surface area contributed by atoms with Gasteiger partial charge in [0, 0.05) is 18.9 Å². The number of aliphatic hydroxyl groups is 1. The van der Waals surface area contributed by atoms with E-state index in [0.717, 1.165) is 36.2 Å². The second-order valence-electron chi connectivity index (χ2n) is 5.97. The average Bonchev–Trinajstić information content (AvgIpc) is 2.88. The second-order valence-corrected chi connectivity index (χ2v) is 5.97. The van der Waals surface area contributed by atoms with Crippen LogP contribution in [0.4, 0.5) is 0 Å². The predicted octanol–water partition coefficient (Wildman–Crippen LogP) is 0.900. The maximum atomic E-state index is 11.5. The Hall–Kier alpha value is -2.24. The molecule has 1 aliphatic carbocycles. The normalized spacial score (nSPS) is 19.5. The minimum Gasteiger partial charge on any atom is -0.392 e. The molecule has 0 bridgehead atoms. The van der Waals surface area contributed by atoms with Crippen molar-refractivity contribution in [3.63, 3.8) is 0 Å². The molecule has 1 aliphatic rings. The lowest BCUT2D eigenvalue weighted by molar-refractivity contribution is -0.121. The van der Waals surface area contributed by atoms with E-state index in [1.54, 1.807) is 12.4 Å². The van der Waals surface area contributed by atoms with Crippen molar-refractivity contribution in [2.24, 2.45) is 5.73 Å². The maximum absolute atomic E-state index is 11.5. The molecule has 0 aliphatic heterocycles. The van der Waals surface area contributed by atoms with E-state index in [9.17, 15) is 9.90 Å². The first-order valence-corrected chi connectivity index (χ1v) is 7.84. The molecule has 23 heavy (non-hydrogen) atoms. The molecule has 120 valence electrons. The van der Waals surface area contributed by atoms with E-state index < -0.39 is 17.9 Å². The molecule has 1 amide bonds. The van der Waals surface area contributed by atoms with Crippen molar-refractivity contribution in [1.82, 2.24) is 10.3 Å². The molecule has 0 unspecified atom stereocenters. The Balaban J connectivity index is 1.59. The van der Waals surface area contributed by atoms with Crippen LogP contribution in [0.1, 0.15) is 28.2 Å². The number of hydrogen-bond acceptors (Lipinski definition) is 4. The lowest BCUT2D eigenvalue weighted by Crippen LogP contribution is -2.28. The Morgan fingerprint density at radius 2 is 2.04 bits per heavy atom. The van der Waals surface area contributed by atoms with Crippen molar-refractivity contribution in [3.05, 3.63) is 65.0 Å². The summed E-state index contributed by atoms with van der Waals surface area (Å²) in [4.78, 5) is 15.5. The Morgan fingerprint density at radius 1 is 1.26 bits per heavy atom. The van der Waals surface area contributed by atoms with Gasteiger partial charge in [-0.15, -0.1) is 0 Å². The maximum Gasteiger partial charge on any atom is 0.227 e. The number of rotatable bonds is 6. The van der Waals surface area contributed by atoms with E-state index in [0.29, 0.717) is 6.42 Å². The summed E-state index contributed by atoms with van der Waals surface area (Å²) in [6.45, 7) is 1.59. The van der Waals surface area contributed by atoms with Crippen molar-refractivity contribution in [1.29, 1.82) is 0 Å². The number of hydrogen-bond donors (Lipinski definition) is 3. The van der Waals surface area contributed by atoms with Gasteiger partial charge >= 0.3 is 0 Å². The highest BCUT2D eigenvalue weighted by molar-refractivity contribution is 5.84. The van der Waals surface area contributed by atoms with E-state index in [1.807, 2.05) is 30.3 Å². The summed E-state index contributed by atoms with van der Waals surface area (Å²) in [6.07, 6.45) is 4.34. The summed E-state index contributed by atoms with van der Waals surface area (Å²) >= 11 is 0. The predicted molar refractivity (Wildman–Crippen MR) is 87.7 cm³/mol. The van der Waals surface area contributed by atoms with Gasteiger partial charge in [0.1, 0.15) is 0 Å². The quantitative estimate of drug-likeness (QED) is 0.692. The van der Waals surface area contributed by atoms with Gasteiger partial charge in [0.15, 0.2) is 0 Å². The molecular weight excluding hydrogens is 290 g/mol. The number of aliphatic hydroxyl groups excluding tert-OH is 1. The van der Waals surface area contributed by atoms with Crippen LogP contribution >= 0.6 is 0 Å². The summed E-state index contributed by atoms with van der Waals surface area (Å²) in [5, 5.41) is 13.4. The van der Waals surface area contributed by atoms with Crippen molar-refractivity contribution in [2.75, 3.05) is 6.54 Å². The van der Waals surface area contributed by atoms with Crippen LogP contribution in [-0.4, -0.2) is 28.6 Å². The van der Waals surface area contributed by atoms with Crippen LogP contribution in [0.25, 0.3) is 0 Å². The fourth-order valence-corrected chi connectivity index (χ4v) is 3.14. The first kappa shape index (κ1) is 15.6. The number of primary amides is 1. The molecule has 0 saturated heterocycles. The Morgan fingerprint density at radius 3 is 2.78 bits per heavy atom. The molecule has 1 aromatic heterocycles. The fourth-order valence-electron chi connectivity index (χ4n) is 3.14. The molecular formula is C18H21N3O2. The number of benzene rings is 1. The molecule has 0 saturated carbocycles. The Kier molecular flexibility index (Phi) is 4.69. The first-order chi connectivity index (χ1) is 11.1. The summed E-state index contributed by atoms with van der Waals surface area (Å²) in [7, 11) is 0. The monoisotopic (exact) mass is 311 g/mol. The molecule has 0 fully saturated rings. The van der Waals surface area contributed by atoms with Gasteiger partial charge in [0.05, 0.1) is 12.0 Å². The van der Waals surface area contributed by atoms with Crippen LogP contribution in [0.15, 0.2) is 42.7 Å². The van der Waals surface area contributed by atoms with Gasteiger partial charge in [-0.25, -0.2) is 0 Å². The van der Waals surface area contributed by atoms with Crippen molar-refractivity contribution in [3.8, 4) is 0 Å². The largest absolute Gasteiger partial charge is 0.392 e. The van der Waals surface area contributed by atoms with Crippen LogP contribution < -0.4 is 11.1 Å². The van der Waals surface area contributed by atoms with Gasteiger partial charge < -0.3 is 16.2 Å². The van der Waals surface area contributed by atoms with E-state index in [4.69, 9.17) is 5.73 Å². The number of carbonyl (C=O) groups is 1. The summed E-state index contributed by atoms with van der Waals surface area (Å²) in [5.41, 5.74) is 9.65. The third kappa shape index (κ3) is 3.57. The summed E-state index contributed by atoms with van der Waals surface area (Å²) in [5.74, 6) is -1.04. The number of nitrogens with zero attached hydrogens (tertiary/aromatic N) is 1. The smallest absolute Gasteiger partial charge is 0.227 e. The zero-order valence-electron chi connectivity index (χ0n) is 12.9. The van der Waals surface area contributed by atoms with Gasteiger partial charge in [-0.1, -0.05) is 18.2 Å². The summed E-state index contributed by atoms with van der Waals surface area (Å²) < 4.78 is 0. The standard InChI is InChI=1S/C18H21N3O2/c19-18(23)17-15-9-13(1-2-14(15)10-16(17)22)11-21-8-5-12-3-6-20-7-4-12/h1-4,6-7,9,16-17,21-22H,5,8,10-11H2,(H2,19,23)/t16-,17-/m1/s1. The van der Waals surface area contributed by atoms with E-state index in [1.165, 1.54) is 5.56 Å². The third-order valence-corrected chi connectivity index (χ3v) is 4.33. The van der Waals surface area contributed by atoms with Gasteiger partial charge in [-0.3, -0.25) is 9.78 Å².